The molecule has 0 aliphatic carbocycles. The van der Waals surface area contributed by atoms with Gasteiger partial charge >= 0.3 is 0 Å². The maximum atomic E-state index is 12.2. The second kappa shape index (κ2) is 6.89. The van der Waals surface area contributed by atoms with Crippen molar-refractivity contribution >= 4 is 22.5 Å². The number of rotatable bonds is 5. The number of aromatic amines is 1. The summed E-state index contributed by atoms with van der Waals surface area (Å²) in [6, 6.07) is 11.4. The zero-order valence-corrected chi connectivity index (χ0v) is 14.8. The first-order valence-electron chi connectivity index (χ1n) is 8.31. The number of amides is 1. The fourth-order valence-corrected chi connectivity index (χ4v) is 2.90. The molecule has 25 heavy (non-hydrogen) atoms. The SMILES string of the molecule is Cc1ccc(C(=O)NCCc2c[nH]c3cc(N(C)C)ccc23)c(O)c1. The summed E-state index contributed by atoms with van der Waals surface area (Å²) >= 11 is 0. The van der Waals surface area contributed by atoms with Gasteiger partial charge in [0.25, 0.3) is 5.91 Å². The average molecular weight is 337 g/mol. The monoisotopic (exact) mass is 337 g/mol. The van der Waals surface area contributed by atoms with E-state index in [-0.39, 0.29) is 11.7 Å². The van der Waals surface area contributed by atoms with Crippen molar-refractivity contribution in [3.63, 3.8) is 0 Å². The number of aryl methyl sites for hydroxylation is 1. The third-order valence-electron chi connectivity index (χ3n) is 4.35. The molecule has 1 amide bonds. The first kappa shape index (κ1) is 16.9. The lowest BCUT2D eigenvalue weighted by molar-refractivity contribution is 0.0951. The van der Waals surface area contributed by atoms with E-state index >= 15 is 0 Å². The number of hydrogen-bond acceptors (Lipinski definition) is 3. The molecule has 0 saturated heterocycles. The van der Waals surface area contributed by atoms with Crippen molar-refractivity contribution in [2.75, 3.05) is 25.5 Å². The number of hydrogen-bond donors (Lipinski definition) is 3. The number of benzene rings is 2. The Kier molecular flexibility index (Phi) is 4.65. The number of H-pyrrole nitrogens is 1. The lowest BCUT2D eigenvalue weighted by Gasteiger charge is -2.12. The number of aromatic hydroxyl groups is 1. The molecule has 1 heterocycles. The molecule has 3 N–H and O–H groups in total. The largest absolute Gasteiger partial charge is 0.507 e. The lowest BCUT2D eigenvalue weighted by atomic mass is 10.1. The highest BCUT2D eigenvalue weighted by molar-refractivity contribution is 5.97. The van der Waals surface area contributed by atoms with Gasteiger partial charge in [0.05, 0.1) is 5.56 Å². The van der Waals surface area contributed by atoms with Gasteiger partial charge in [-0.3, -0.25) is 4.79 Å². The number of aromatic nitrogens is 1. The van der Waals surface area contributed by atoms with Crippen molar-refractivity contribution in [1.82, 2.24) is 10.3 Å². The van der Waals surface area contributed by atoms with Crippen LogP contribution in [0.25, 0.3) is 10.9 Å². The molecule has 0 saturated carbocycles. The Morgan fingerprint density at radius 1 is 1.20 bits per heavy atom. The van der Waals surface area contributed by atoms with E-state index in [2.05, 4.69) is 33.4 Å². The number of anilines is 1. The quantitative estimate of drug-likeness (QED) is 0.669. The van der Waals surface area contributed by atoms with Crippen LogP contribution in [0.2, 0.25) is 0 Å². The fraction of sp³-hybridized carbons (Fsp3) is 0.250. The Morgan fingerprint density at radius 2 is 2.00 bits per heavy atom. The minimum Gasteiger partial charge on any atom is -0.507 e. The third-order valence-corrected chi connectivity index (χ3v) is 4.35. The van der Waals surface area contributed by atoms with Crippen LogP contribution in [0.4, 0.5) is 5.69 Å². The highest BCUT2D eigenvalue weighted by Gasteiger charge is 2.11. The molecule has 1 aromatic heterocycles. The van der Waals surface area contributed by atoms with Crippen LogP contribution in [0.1, 0.15) is 21.5 Å². The average Bonchev–Trinajstić information content (AvgIpc) is 2.97. The van der Waals surface area contributed by atoms with E-state index in [0.717, 1.165) is 34.1 Å². The zero-order chi connectivity index (χ0) is 18.0. The molecule has 5 nitrogen and oxygen atoms in total. The molecule has 3 rings (SSSR count). The van der Waals surface area contributed by atoms with E-state index in [9.17, 15) is 9.90 Å². The molecule has 0 aliphatic rings. The molecule has 0 atom stereocenters. The molecule has 0 bridgehead atoms. The van der Waals surface area contributed by atoms with Gasteiger partial charge in [-0.05, 0) is 48.7 Å². The Balaban J connectivity index is 1.66. The molecule has 2 aromatic carbocycles. The second-order valence-corrected chi connectivity index (χ2v) is 6.46. The molecule has 0 aliphatic heterocycles. The van der Waals surface area contributed by atoms with E-state index in [0.29, 0.717) is 12.1 Å². The summed E-state index contributed by atoms with van der Waals surface area (Å²) in [7, 11) is 4.03. The summed E-state index contributed by atoms with van der Waals surface area (Å²) in [5.74, 6) is -0.243. The fourth-order valence-electron chi connectivity index (χ4n) is 2.90. The number of carbonyl (C=O) groups excluding carboxylic acids is 1. The summed E-state index contributed by atoms with van der Waals surface area (Å²) in [5, 5.41) is 13.9. The summed E-state index contributed by atoms with van der Waals surface area (Å²) in [6.45, 7) is 2.38. The first-order chi connectivity index (χ1) is 12.0. The van der Waals surface area contributed by atoms with Crippen LogP contribution >= 0.6 is 0 Å². The van der Waals surface area contributed by atoms with Crippen LogP contribution in [0.3, 0.4) is 0 Å². The Hall–Kier alpha value is -2.95. The number of nitrogens with zero attached hydrogens (tertiary/aromatic N) is 1. The van der Waals surface area contributed by atoms with Crippen LogP contribution < -0.4 is 10.2 Å². The summed E-state index contributed by atoms with van der Waals surface area (Å²) in [4.78, 5) is 17.6. The van der Waals surface area contributed by atoms with E-state index in [1.807, 2.05) is 33.3 Å². The van der Waals surface area contributed by atoms with E-state index in [1.165, 1.54) is 0 Å². The van der Waals surface area contributed by atoms with Gasteiger partial charge in [0, 0.05) is 43.4 Å². The van der Waals surface area contributed by atoms with Crippen molar-refractivity contribution in [1.29, 1.82) is 0 Å². The van der Waals surface area contributed by atoms with Crippen molar-refractivity contribution in [2.24, 2.45) is 0 Å². The predicted molar refractivity (Wildman–Crippen MR) is 102 cm³/mol. The third kappa shape index (κ3) is 3.60. The maximum absolute atomic E-state index is 12.2. The number of nitrogens with one attached hydrogen (secondary N) is 2. The van der Waals surface area contributed by atoms with Crippen molar-refractivity contribution in [2.45, 2.75) is 13.3 Å². The lowest BCUT2D eigenvalue weighted by Crippen LogP contribution is -2.25. The molecule has 5 heteroatoms. The van der Waals surface area contributed by atoms with Gasteiger partial charge in [0.2, 0.25) is 0 Å². The second-order valence-electron chi connectivity index (χ2n) is 6.46. The van der Waals surface area contributed by atoms with Gasteiger partial charge in [-0.15, -0.1) is 0 Å². The first-order valence-corrected chi connectivity index (χ1v) is 8.31. The van der Waals surface area contributed by atoms with Gasteiger partial charge < -0.3 is 20.3 Å². The molecule has 0 unspecified atom stereocenters. The minimum absolute atomic E-state index is 0.0146. The van der Waals surface area contributed by atoms with Crippen molar-refractivity contribution in [3.8, 4) is 5.75 Å². The predicted octanol–water partition coefficient (Wildman–Crippen LogP) is 3.22. The van der Waals surface area contributed by atoms with E-state index in [1.54, 1.807) is 12.1 Å². The van der Waals surface area contributed by atoms with E-state index < -0.39 is 0 Å². The van der Waals surface area contributed by atoms with Crippen LogP contribution in [-0.4, -0.2) is 36.6 Å². The molecular formula is C20H23N3O2. The van der Waals surface area contributed by atoms with Gasteiger partial charge in [-0.2, -0.15) is 0 Å². The topological polar surface area (TPSA) is 68.4 Å². The van der Waals surface area contributed by atoms with Gasteiger partial charge in [0.15, 0.2) is 0 Å². The van der Waals surface area contributed by atoms with Crippen LogP contribution in [0.5, 0.6) is 5.75 Å². The van der Waals surface area contributed by atoms with E-state index in [4.69, 9.17) is 0 Å². The molecule has 0 radical (unpaired) electrons. The normalized spacial score (nSPS) is 10.8. The number of fused-ring (bicyclic) bond motifs is 1. The van der Waals surface area contributed by atoms with Crippen LogP contribution in [0, 0.1) is 6.92 Å². The standard InChI is InChI=1S/C20H23N3O2/c1-13-4-6-17(19(24)10-13)20(25)21-9-8-14-12-22-18-11-15(23(2)3)5-7-16(14)18/h4-7,10-12,22,24H,8-9H2,1-3H3,(H,21,25). The van der Waals surface area contributed by atoms with Crippen molar-refractivity contribution in [3.05, 3.63) is 59.3 Å². The smallest absolute Gasteiger partial charge is 0.255 e. The molecule has 0 fully saturated rings. The molecule has 130 valence electrons. The van der Waals surface area contributed by atoms with Gasteiger partial charge in [0.1, 0.15) is 5.75 Å². The minimum atomic E-state index is -0.257. The Bertz CT molecular complexity index is 912. The van der Waals surface area contributed by atoms with Crippen LogP contribution in [0.15, 0.2) is 42.6 Å². The van der Waals surface area contributed by atoms with Crippen LogP contribution in [-0.2, 0) is 6.42 Å². The van der Waals surface area contributed by atoms with Gasteiger partial charge in [-0.25, -0.2) is 0 Å². The maximum Gasteiger partial charge on any atom is 0.255 e. The highest BCUT2D eigenvalue weighted by atomic mass is 16.3. The number of phenols is 1. The van der Waals surface area contributed by atoms with Gasteiger partial charge in [-0.1, -0.05) is 12.1 Å². The highest BCUT2D eigenvalue weighted by Crippen LogP contribution is 2.23. The molecular weight excluding hydrogens is 314 g/mol. The zero-order valence-electron chi connectivity index (χ0n) is 14.8. The summed E-state index contributed by atoms with van der Waals surface area (Å²) in [5.41, 5.74) is 4.62. The summed E-state index contributed by atoms with van der Waals surface area (Å²) < 4.78 is 0. The molecule has 3 aromatic rings. The number of phenolic OH excluding ortho intramolecular Hbond substituents is 1. The Morgan fingerprint density at radius 3 is 2.72 bits per heavy atom. The number of carbonyl (C=O) groups is 1. The summed E-state index contributed by atoms with van der Waals surface area (Å²) in [6.07, 6.45) is 2.71. The molecule has 0 spiro atoms. The van der Waals surface area contributed by atoms with Crippen molar-refractivity contribution < 1.29 is 9.90 Å². The Labute approximate surface area is 147 Å².